The van der Waals surface area contributed by atoms with Crippen molar-refractivity contribution in [2.75, 3.05) is 26.9 Å². The molecule has 1 rings (SSSR count). The van der Waals surface area contributed by atoms with Gasteiger partial charge in [0.25, 0.3) is 0 Å². The molecular weight excluding hydrogens is 318 g/mol. The van der Waals surface area contributed by atoms with Gasteiger partial charge in [0.1, 0.15) is 0 Å². The first-order valence-corrected chi connectivity index (χ1v) is 7.06. The zero-order valence-corrected chi connectivity index (χ0v) is 12.8. The Hall–Kier alpha value is -0.130. The van der Waals surface area contributed by atoms with E-state index in [1.807, 2.05) is 18.2 Å². The fourth-order valence-corrected chi connectivity index (χ4v) is 2.30. The van der Waals surface area contributed by atoms with E-state index in [2.05, 4.69) is 15.9 Å². The van der Waals surface area contributed by atoms with Gasteiger partial charge in [-0.1, -0.05) is 33.6 Å². The van der Waals surface area contributed by atoms with Gasteiger partial charge in [-0.05, 0) is 30.5 Å². The fourth-order valence-electron chi connectivity index (χ4n) is 1.55. The molecule has 0 aliphatic carbocycles. The Morgan fingerprint density at radius 3 is 2.78 bits per heavy atom. The normalized spacial score (nSPS) is 12.7. The quantitative estimate of drug-likeness (QED) is 0.742. The predicted molar refractivity (Wildman–Crippen MR) is 78.1 cm³/mol. The molecule has 0 spiro atoms. The van der Waals surface area contributed by atoms with Gasteiger partial charge in [0.05, 0.1) is 13.2 Å². The fraction of sp³-hybridized carbons (Fsp3) is 0.538. The highest BCUT2D eigenvalue weighted by Gasteiger charge is 2.07. The second-order valence-electron chi connectivity index (χ2n) is 4.09. The van der Waals surface area contributed by atoms with E-state index in [4.69, 9.17) is 26.8 Å². The Morgan fingerprint density at radius 2 is 2.11 bits per heavy atom. The Morgan fingerprint density at radius 1 is 1.33 bits per heavy atom. The van der Waals surface area contributed by atoms with Crippen LogP contribution in [0, 0.1) is 0 Å². The van der Waals surface area contributed by atoms with Crippen molar-refractivity contribution in [3.63, 3.8) is 0 Å². The molecule has 0 aromatic heterocycles. The molecule has 0 aliphatic rings. The molecule has 3 nitrogen and oxygen atoms in total. The summed E-state index contributed by atoms with van der Waals surface area (Å²) < 4.78 is 11.3. The molecule has 0 saturated heterocycles. The van der Waals surface area contributed by atoms with Crippen molar-refractivity contribution in [3.8, 4) is 0 Å². The van der Waals surface area contributed by atoms with Gasteiger partial charge in [0.2, 0.25) is 0 Å². The van der Waals surface area contributed by atoms with E-state index in [9.17, 15) is 0 Å². The topological polar surface area (TPSA) is 44.5 Å². The number of halogens is 2. The number of benzene rings is 1. The van der Waals surface area contributed by atoms with Crippen LogP contribution in [0.3, 0.4) is 0 Å². The van der Waals surface area contributed by atoms with Crippen LogP contribution in [0.15, 0.2) is 22.7 Å². The summed E-state index contributed by atoms with van der Waals surface area (Å²) in [5, 5.41) is 0.750. The van der Waals surface area contributed by atoms with E-state index >= 15 is 0 Å². The van der Waals surface area contributed by atoms with Crippen molar-refractivity contribution >= 4 is 27.5 Å². The third-order valence-electron chi connectivity index (χ3n) is 2.56. The SMILES string of the molecule is COCCOCCC(N)Cc1ccc(Br)cc1Cl. The lowest BCUT2D eigenvalue weighted by Gasteiger charge is -2.13. The summed E-state index contributed by atoms with van der Waals surface area (Å²) in [6, 6.07) is 5.92. The minimum absolute atomic E-state index is 0.0613. The van der Waals surface area contributed by atoms with Gasteiger partial charge in [-0.2, -0.15) is 0 Å². The van der Waals surface area contributed by atoms with Gasteiger partial charge in [-0.15, -0.1) is 0 Å². The smallest absolute Gasteiger partial charge is 0.0700 e. The van der Waals surface area contributed by atoms with Crippen molar-refractivity contribution in [1.82, 2.24) is 0 Å². The van der Waals surface area contributed by atoms with E-state index in [0.717, 1.165) is 27.9 Å². The molecule has 0 saturated carbocycles. The zero-order chi connectivity index (χ0) is 13.4. The molecule has 1 unspecified atom stereocenters. The lowest BCUT2D eigenvalue weighted by molar-refractivity contribution is 0.0672. The molecule has 0 heterocycles. The van der Waals surface area contributed by atoms with Crippen LogP contribution in [0.1, 0.15) is 12.0 Å². The summed E-state index contributed by atoms with van der Waals surface area (Å²) in [6.45, 7) is 1.88. The third kappa shape index (κ3) is 6.16. The molecule has 1 atom stereocenters. The number of rotatable bonds is 8. The van der Waals surface area contributed by atoms with Gasteiger partial charge < -0.3 is 15.2 Å². The molecule has 102 valence electrons. The number of nitrogens with two attached hydrogens (primary N) is 1. The summed E-state index contributed by atoms with van der Waals surface area (Å²) >= 11 is 9.52. The van der Waals surface area contributed by atoms with Crippen molar-refractivity contribution in [3.05, 3.63) is 33.3 Å². The first-order chi connectivity index (χ1) is 8.63. The van der Waals surface area contributed by atoms with Crippen molar-refractivity contribution in [2.45, 2.75) is 18.9 Å². The molecular formula is C13H19BrClNO2. The van der Waals surface area contributed by atoms with Crippen LogP contribution in [-0.4, -0.2) is 33.0 Å². The number of hydrogen-bond acceptors (Lipinski definition) is 3. The second kappa shape index (κ2) is 8.88. The molecule has 18 heavy (non-hydrogen) atoms. The van der Waals surface area contributed by atoms with E-state index in [1.54, 1.807) is 7.11 Å². The summed E-state index contributed by atoms with van der Waals surface area (Å²) in [7, 11) is 1.66. The molecule has 0 aliphatic heterocycles. The molecule has 1 aromatic carbocycles. The van der Waals surface area contributed by atoms with Crippen molar-refractivity contribution in [2.24, 2.45) is 5.73 Å². The molecule has 0 fully saturated rings. The van der Waals surface area contributed by atoms with Gasteiger partial charge in [-0.3, -0.25) is 0 Å². The summed E-state index contributed by atoms with van der Waals surface area (Å²) in [5.74, 6) is 0. The van der Waals surface area contributed by atoms with Crippen molar-refractivity contribution < 1.29 is 9.47 Å². The first kappa shape index (κ1) is 15.9. The number of hydrogen-bond donors (Lipinski definition) is 1. The molecule has 1 aromatic rings. The Labute approximate surface area is 122 Å². The average Bonchev–Trinajstić information content (AvgIpc) is 2.32. The van der Waals surface area contributed by atoms with Crippen LogP contribution in [0.2, 0.25) is 5.02 Å². The van der Waals surface area contributed by atoms with Crippen LogP contribution in [0.25, 0.3) is 0 Å². The van der Waals surface area contributed by atoms with Crippen LogP contribution < -0.4 is 5.73 Å². The largest absolute Gasteiger partial charge is 0.382 e. The summed E-state index contributed by atoms with van der Waals surface area (Å²) in [4.78, 5) is 0. The summed E-state index contributed by atoms with van der Waals surface area (Å²) in [6.07, 6.45) is 1.58. The van der Waals surface area contributed by atoms with Crippen LogP contribution >= 0.6 is 27.5 Å². The Bertz CT molecular complexity index is 363. The van der Waals surface area contributed by atoms with E-state index in [1.165, 1.54) is 0 Å². The molecule has 0 radical (unpaired) electrons. The average molecular weight is 337 g/mol. The van der Waals surface area contributed by atoms with E-state index < -0.39 is 0 Å². The van der Waals surface area contributed by atoms with Gasteiger partial charge >= 0.3 is 0 Å². The second-order valence-corrected chi connectivity index (χ2v) is 5.42. The first-order valence-electron chi connectivity index (χ1n) is 5.89. The lowest BCUT2D eigenvalue weighted by atomic mass is 10.0. The highest BCUT2D eigenvalue weighted by atomic mass is 79.9. The van der Waals surface area contributed by atoms with E-state index in [0.29, 0.717) is 19.8 Å². The Balaban J connectivity index is 2.28. The van der Waals surface area contributed by atoms with Gasteiger partial charge in [-0.25, -0.2) is 0 Å². The van der Waals surface area contributed by atoms with E-state index in [-0.39, 0.29) is 6.04 Å². The van der Waals surface area contributed by atoms with Gasteiger partial charge in [0.15, 0.2) is 0 Å². The lowest BCUT2D eigenvalue weighted by Crippen LogP contribution is -2.25. The van der Waals surface area contributed by atoms with Crippen LogP contribution in [0.5, 0.6) is 0 Å². The van der Waals surface area contributed by atoms with Crippen LogP contribution in [-0.2, 0) is 15.9 Å². The highest BCUT2D eigenvalue weighted by Crippen LogP contribution is 2.22. The molecule has 2 N–H and O–H groups in total. The third-order valence-corrected chi connectivity index (χ3v) is 3.41. The molecule has 5 heteroatoms. The minimum atomic E-state index is 0.0613. The monoisotopic (exact) mass is 335 g/mol. The maximum absolute atomic E-state index is 6.14. The standard InChI is InChI=1S/C13H19BrClNO2/c1-17-6-7-18-5-4-12(16)8-10-2-3-11(14)9-13(10)15/h2-3,9,12H,4-8,16H2,1H3. The Kier molecular flexibility index (Phi) is 7.86. The highest BCUT2D eigenvalue weighted by molar-refractivity contribution is 9.10. The van der Waals surface area contributed by atoms with Gasteiger partial charge in [0, 0.05) is 29.3 Å². The predicted octanol–water partition coefficient (Wildman–Crippen LogP) is 3.03. The molecule has 0 amide bonds. The van der Waals surface area contributed by atoms with Crippen LogP contribution in [0.4, 0.5) is 0 Å². The molecule has 0 bridgehead atoms. The minimum Gasteiger partial charge on any atom is -0.382 e. The zero-order valence-electron chi connectivity index (χ0n) is 10.5. The maximum Gasteiger partial charge on any atom is 0.0700 e. The number of methoxy groups -OCH3 is 1. The maximum atomic E-state index is 6.14. The summed E-state index contributed by atoms with van der Waals surface area (Å²) in [5.41, 5.74) is 7.12. The van der Waals surface area contributed by atoms with Crippen molar-refractivity contribution in [1.29, 1.82) is 0 Å². The number of ether oxygens (including phenoxy) is 2.